The number of benzene rings is 3. The van der Waals surface area contributed by atoms with Crippen molar-refractivity contribution in [2.24, 2.45) is 0 Å². The van der Waals surface area contributed by atoms with Crippen molar-refractivity contribution in [3.05, 3.63) is 105 Å². The van der Waals surface area contributed by atoms with E-state index >= 15 is 0 Å². The van der Waals surface area contributed by atoms with Gasteiger partial charge in [-0.3, -0.25) is 4.79 Å². The molecule has 0 saturated carbocycles. The molecule has 0 fully saturated rings. The molecule has 4 rings (SSSR count). The average molecular weight is 472 g/mol. The number of aryl methyl sites for hydroxylation is 1. The largest absolute Gasteiger partial charge is 0.493 e. The second-order valence-electron chi connectivity index (χ2n) is 8.40. The number of H-pyrrole nitrogens is 1. The number of aromatic amines is 1. The average Bonchev–Trinajstić information content (AvgIpc) is 2.88. The summed E-state index contributed by atoms with van der Waals surface area (Å²) in [6.07, 6.45) is 0. The SMILES string of the molecule is COc1cc2cc(CN(Cc3ccc(C)cc3)C(=O)NCc3ccccc3)c(=O)[nH]c2cc1OC. The molecule has 0 radical (unpaired) electrons. The van der Waals surface area contributed by atoms with Crippen molar-refractivity contribution < 1.29 is 14.3 Å². The fraction of sp³-hybridized carbons (Fsp3) is 0.214. The molecular formula is C28H29N3O4. The number of hydrogen-bond donors (Lipinski definition) is 2. The lowest BCUT2D eigenvalue weighted by atomic mass is 10.1. The van der Waals surface area contributed by atoms with E-state index < -0.39 is 0 Å². The van der Waals surface area contributed by atoms with Crippen molar-refractivity contribution >= 4 is 16.9 Å². The molecule has 0 aliphatic carbocycles. The number of fused-ring (bicyclic) bond motifs is 1. The minimum absolute atomic E-state index is 0.147. The van der Waals surface area contributed by atoms with Gasteiger partial charge in [-0.2, -0.15) is 0 Å². The van der Waals surface area contributed by atoms with Crippen LogP contribution in [0.5, 0.6) is 11.5 Å². The highest BCUT2D eigenvalue weighted by atomic mass is 16.5. The van der Waals surface area contributed by atoms with E-state index in [9.17, 15) is 9.59 Å². The number of aromatic nitrogens is 1. The van der Waals surface area contributed by atoms with Gasteiger partial charge in [0.25, 0.3) is 5.56 Å². The highest BCUT2D eigenvalue weighted by Crippen LogP contribution is 2.31. The van der Waals surface area contributed by atoms with Gasteiger partial charge in [-0.25, -0.2) is 4.79 Å². The third kappa shape index (κ3) is 5.81. The van der Waals surface area contributed by atoms with E-state index in [4.69, 9.17) is 9.47 Å². The molecule has 180 valence electrons. The molecule has 0 aliphatic rings. The molecule has 1 aromatic heterocycles. The van der Waals surface area contributed by atoms with Gasteiger partial charge in [0.05, 0.1) is 26.3 Å². The maximum absolute atomic E-state index is 13.2. The van der Waals surface area contributed by atoms with E-state index in [0.717, 1.165) is 22.1 Å². The molecule has 0 saturated heterocycles. The summed E-state index contributed by atoms with van der Waals surface area (Å²) in [4.78, 5) is 30.7. The third-order valence-electron chi connectivity index (χ3n) is 5.85. The maximum Gasteiger partial charge on any atom is 0.318 e. The zero-order valence-electron chi connectivity index (χ0n) is 20.1. The van der Waals surface area contributed by atoms with Crippen LogP contribution in [0.4, 0.5) is 4.79 Å². The number of pyridine rings is 1. The Hall–Kier alpha value is -4.26. The number of rotatable bonds is 8. The zero-order chi connectivity index (χ0) is 24.8. The Morgan fingerprint density at radius 3 is 2.26 bits per heavy atom. The van der Waals surface area contributed by atoms with Gasteiger partial charge in [0.15, 0.2) is 11.5 Å². The van der Waals surface area contributed by atoms with Gasteiger partial charge < -0.3 is 24.7 Å². The molecule has 2 amide bonds. The summed E-state index contributed by atoms with van der Waals surface area (Å²) in [5.41, 5.74) is 3.98. The first-order valence-corrected chi connectivity index (χ1v) is 11.4. The van der Waals surface area contributed by atoms with E-state index in [0.29, 0.717) is 35.7 Å². The van der Waals surface area contributed by atoms with Crippen LogP contribution >= 0.6 is 0 Å². The summed E-state index contributed by atoms with van der Waals surface area (Å²) in [7, 11) is 3.11. The predicted molar refractivity (Wildman–Crippen MR) is 137 cm³/mol. The summed E-state index contributed by atoms with van der Waals surface area (Å²) in [6.45, 7) is 2.93. The van der Waals surface area contributed by atoms with Crippen LogP contribution in [0.3, 0.4) is 0 Å². The minimum Gasteiger partial charge on any atom is -0.493 e. The normalized spacial score (nSPS) is 10.7. The second-order valence-corrected chi connectivity index (χ2v) is 8.40. The third-order valence-corrected chi connectivity index (χ3v) is 5.85. The number of nitrogens with one attached hydrogen (secondary N) is 2. The molecular weight excluding hydrogens is 442 g/mol. The summed E-state index contributed by atoms with van der Waals surface area (Å²) in [5, 5.41) is 3.77. The second kappa shape index (κ2) is 10.8. The van der Waals surface area contributed by atoms with Gasteiger partial charge in [0.1, 0.15) is 0 Å². The fourth-order valence-electron chi connectivity index (χ4n) is 3.90. The topological polar surface area (TPSA) is 83.7 Å². The molecule has 7 heteroatoms. The lowest BCUT2D eigenvalue weighted by Crippen LogP contribution is -2.39. The molecule has 0 bridgehead atoms. The highest BCUT2D eigenvalue weighted by molar-refractivity contribution is 5.83. The first kappa shape index (κ1) is 23.9. The Bertz CT molecular complexity index is 1370. The molecule has 2 N–H and O–H groups in total. The maximum atomic E-state index is 13.2. The minimum atomic E-state index is -0.255. The van der Waals surface area contributed by atoms with Gasteiger partial charge in [-0.1, -0.05) is 60.2 Å². The first-order chi connectivity index (χ1) is 17.0. The first-order valence-electron chi connectivity index (χ1n) is 11.4. The zero-order valence-corrected chi connectivity index (χ0v) is 20.1. The number of ether oxygens (including phenoxy) is 2. The number of amides is 2. The van der Waals surface area contributed by atoms with E-state index in [1.165, 1.54) is 0 Å². The molecule has 0 atom stereocenters. The Labute approximate surface area is 204 Å². The summed E-state index contributed by atoms with van der Waals surface area (Å²) >= 11 is 0. The number of nitrogens with zero attached hydrogens (tertiary/aromatic N) is 1. The van der Waals surface area contributed by atoms with Crippen molar-refractivity contribution in [3.63, 3.8) is 0 Å². The van der Waals surface area contributed by atoms with Gasteiger partial charge in [0, 0.05) is 30.1 Å². The van der Waals surface area contributed by atoms with Crippen LogP contribution in [-0.4, -0.2) is 30.1 Å². The summed E-state index contributed by atoms with van der Waals surface area (Å²) < 4.78 is 10.7. The predicted octanol–water partition coefficient (Wildman–Crippen LogP) is 4.77. The Morgan fingerprint density at radius 1 is 0.886 bits per heavy atom. The number of carbonyl (C=O) groups excluding carboxylic acids is 1. The van der Waals surface area contributed by atoms with Crippen molar-refractivity contribution in [1.29, 1.82) is 0 Å². The number of carbonyl (C=O) groups is 1. The molecule has 3 aromatic carbocycles. The quantitative estimate of drug-likeness (QED) is 0.388. The van der Waals surface area contributed by atoms with E-state index in [1.54, 1.807) is 31.3 Å². The molecule has 1 heterocycles. The Kier molecular flexibility index (Phi) is 7.35. The van der Waals surface area contributed by atoms with Crippen LogP contribution in [0.25, 0.3) is 10.9 Å². The van der Waals surface area contributed by atoms with Crippen LogP contribution in [0.15, 0.2) is 77.6 Å². The van der Waals surface area contributed by atoms with E-state index in [2.05, 4.69) is 10.3 Å². The van der Waals surface area contributed by atoms with Gasteiger partial charge in [-0.15, -0.1) is 0 Å². The number of methoxy groups -OCH3 is 2. The van der Waals surface area contributed by atoms with Crippen LogP contribution in [0.2, 0.25) is 0 Å². The van der Waals surface area contributed by atoms with E-state index in [1.807, 2.05) is 67.6 Å². The molecule has 35 heavy (non-hydrogen) atoms. The number of urea groups is 1. The van der Waals surface area contributed by atoms with Crippen molar-refractivity contribution in [2.75, 3.05) is 14.2 Å². The Morgan fingerprint density at radius 2 is 1.57 bits per heavy atom. The monoisotopic (exact) mass is 471 g/mol. The van der Waals surface area contributed by atoms with Gasteiger partial charge in [0.2, 0.25) is 0 Å². The Balaban J connectivity index is 1.63. The van der Waals surface area contributed by atoms with Crippen molar-refractivity contribution in [3.8, 4) is 11.5 Å². The number of hydrogen-bond acceptors (Lipinski definition) is 4. The lowest BCUT2D eigenvalue weighted by molar-refractivity contribution is 0.191. The summed E-state index contributed by atoms with van der Waals surface area (Å²) in [5.74, 6) is 1.10. The van der Waals surface area contributed by atoms with Crippen LogP contribution in [0, 0.1) is 6.92 Å². The van der Waals surface area contributed by atoms with Gasteiger partial charge in [-0.05, 0) is 30.2 Å². The molecule has 0 aliphatic heterocycles. The smallest absolute Gasteiger partial charge is 0.318 e. The van der Waals surface area contributed by atoms with Crippen molar-refractivity contribution in [2.45, 2.75) is 26.6 Å². The van der Waals surface area contributed by atoms with Crippen LogP contribution in [0.1, 0.15) is 22.3 Å². The molecule has 7 nitrogen and oxygen atoms in total. The van der Waals surface area contributed by atoms with Crippen LogP contribution in [-0.2, 0) is 19.6 Å². The molecule has 4 aromatic rings. The van der Waals surface area contributed by atoms with E-state index in [-0.39, 0.29) is 18.1 Å². The van der Waals surface area contributed by atoms with Crippen molar-refractivity contribution in [1.82, 2.24) is 15.2 Å². The standard InChI is InChI=1S/C28H29N3O4/c1-19-9-11-21(12-10-19)17-31(28(33)29-16-20-7-5-4-6-8-20)18-23-13-22-14-25(34-2)26(35-3)15-24(22)30-27(23)32/h4-15H,16-18H2,1-3H3,(H,29,33)(H,30,32). The van der Waals surface area contributed by atoms with Crippen LogP contribution < -0.4 is 20.3 Å². The lowest BCUT2D eigenvalue weighted by Gasteiger charge is -2.23. The molecule has 0 unspecified atom stereocenters. The highest BCUT2D eigenvalue weighted by Gasteiger charge is 2.17. The fourth-order valence-corrected chi connectivity index (χ4v) is 3.90. The molecule has 0 spiro atoms. The summed E-state index contributed by atoms with van der Waals surface area (Å²) in [6, 6.07) is 22.8. The van der Waals surface area contributed by atoms with Gasteiger partial charge >= 0.3 is 6.03 Å².